The molecule has 104 valence electrons. The van der Waals surface area contributed by atoms with Crippen LogP contribution in [0.2, 0.25) is 0 Å². The van der Waals surface area contributed by atoms with Crippen LogP contribution in [-0.4, -0.2) is 25.7 Å². The second-order valence-electron chi connectivity index (χ2n) is 4.78. The van der Waals surface area contributed by atoms with Crippen molar-refractivity contribution in [2.45, 2.75) is 32.7 Å². The van der Waals surface area contributed by atoms with E-state index in [-0.39, 0.29) is 5.91 Å². The van der Waals surface area contributed by atoms with Gasteiger partial charge in [-0.2, -0.15) is 0 Å². The summed E-state index contributed by atoms with van der Waals surface area (Å²) in [6.45, 7) is 4.60. The Balaban J connectivity index is 2.07. The molecule has 1 aliphatic carbocycles. The van der Waals surface area contributed by atoms with Gasteiger partial charge in [-0.25, -0.2) is 0 Å². The van der Waals surface area contributed by atoms with Crippen LogP contribution in [0, 0.1) is 5.92 Å². The Hall–Kier alpha value is -1.71. The summed E-state index contributed by atoms with van der Waals surface area (Å²) >= 11 is 0. The molecule has 1 fully saturated rings. The number of amides is 1. The zero-order valence-corrected chi connectivity index (χ0v) is 11.7. The van der Waals surface area contributed by atoms with Crippen LogP contribution in [0.15, 0.2) is 18.2 Å². The zero-order valence-electron chi connectivity index (χ0n) is 11.7. The third kappa shape index (κ3) is 3.19. The van der Waals surface area contributed by atoms with Crippen LogP contribution >= 0.6 is 0 Å². The molecule has 1 aliphatic rings. The van der Waals surface area contributed by atoms with Gasteiger partial charge in [0.15, 0.2) is 11.5 Å². The molecule has 1 amide bonds. The lowest BCUT2D eigenvalue weighted by molar-refractivity contribution is 0.0948. The Bertz CT molecular complexity index is 459. The Kier molecular flexibility index (Phi) is 4.30. The Morgan fingerprint density at radius 2 is 2.16 bits per heavy atom. The molecule has 1 aromatic carbocycles. The van der Waals surface area contributed by atoms with Gasteiger partial charge in [0, 0.05) is 11.6 Å². The van der Waals surface area contributed by atoms with Crippen molar-refractivity contribution in [1.82, 2.24) is 5.32 Å². The van der Waals surface area contributed by atoms with Gasteiger partial charge in [-0.15, -0.1) is 0 Å². The second-order valence-corrected chi connectivity index (χ2v) is 4.78. The van der Waals surface area contributed by atoms with E-state index in [2.05, 4.69) is 12.2 Å². The molecule has 0 radical (unpaired) electrons. The smallest absolute Gasteiger partial charge is 0.251 e. The van der Waals surface area contributed by atoms with Crippen LogP contribution < -0.4 is 14.8 Å². The lowest BCUT2D eigenvalue weighted by atomic mass is 10.2. The fraction of sp³-hybridized carbons (Fsp3) is 0.533. The lowest BCUT2D eigenvalue weighted by Crippen LogP contribution is -2.26. The molecule has 19 heavy (non-hydrogen) atoms. The first-order valence-corrected chi connectivity index (χ1v) is 6.81. The number of carbonyl (C=O) groups excluding carboxylic acids is 1. The molecule has 0 saturated heterocycles. The number of hydrogen-bond acceptors (Lipinski definition) is 3. The molecule has 0 bridgehead atoms. The van der Waals surface area contributed by atoms with Gasteiger partial charge < -0.3 is 14.8 Å². The highest BCUT2D eigenvalue weighted by Crippen LogP contribution is 2.34. The quantitative estimate of drug-likeness (QED) is 0.858. The molecular weight excluding hydrogens is 242 g/mol. The van der Waals surface area contributed by atoms with Crippen molar-refractivity contribution in [3.8, 4) is 11.5 Å². The van der Waals surface area contributed by atoms with Crippen molar-refractivity contribution in [1.29, 1.82) is 0 Å². The highest BCUT2D eigenvalue weighted by Gasteiger charge is 2.36. The average molecular weight is 263 g/mol. The molecule has 0 spiro atoms. The highest BCUT2D eigenvalue weighted by atomic mass is 16.5. The van der Waals surface area contributed by atoms with E-state index in [1.54, 1.807) is 25.3 Å². The van der Waals surface area contributed by atoms with Crippen LogP contribution in [-0.2, 0) is 0 Å². The molecule has 1 aromatic rings. The lowest BCUT2D eigenvalue weighted by Gasteiger charge is -2.11. The third-order valence-corrected chi connectivity index (χ3v) is 3.49. The molecular formula is C15H21NO3. The van der Waals surface area contributed by atoms with E-state index in [1.165, 1.54) is 0 Å². The maximum Gasteiger partial charge on any atom is 0.251 e. The van der Waals surface area contributed by atoms with E-state index in [0.29, 0.717) is 35.6 Å². The van der Waals surface area contributed by atoms with E-state index >= 15 is 0 Å². The minimum absolute atomic E-state index is 0.0374. The fourth-order valence-corrected chi connectivity index (χ4v) is 2.21. The van der Waals surface area contributed by atoms with Crippen LogP contribution in [0.3, 0.4) is 0 Å². The Morgan fingerprint density at radius 1 is 1.37 bits per heavy atom. The summed E-state index contributed by atoms with van der Waals surface area (Å²) in [5, 5.41) is 3.04. The van der Waals surface area contributed by atoms with Gasteiger partial charge in [0.05, 0.1) is 13.7 Å². The van der Waals surface area contributed by atoms with Gasteiger partial charge in [0.2, 0.25) is 0 Å². The minimum atomic E-state index is -0.0374. The van der Waals surface area contributed by atoms with Crippen molar-refractivity contribution in [2.75, 3.05) is 13.7 Å². The number of nitrogens with one attached hydrogen (secondary N) is 1. The molecule has 0 heterocycles. The SMILES string of the molecule is CCOc1cc(C(=O)N[C@H]2C[C@@H]2CC)ccc1OC. The van der Waals surface area contributed by atoms with E-state index in [4.69, 9.17) is 9.47 Å². The molecule has 0 aromatic heterocycles. The summed E-state index contributed by atoms with van der Waals surface area (Å²) in [5.41, 5.74) is 0.617. The number of carbonyl (C=O) groups is 1. The monoisotopic (exact) mass is 263 g/mol. The van der Waals surface area contributed by atoms with Crippen LogP contribution in [0.5, 0.6) is 11.5 Å². The van der Waals surface area contributed by atoms with Crippen molar-refractivity contribution in [3.05, 3.63) is 23.8 Å². The summed E-state index contributed by atoms with van der Waals surface area (Å²) in [4.78, 5) is 12.1. The van der Waals surface area contributed by atoms with Gasteiger partial charge in [-0.3, -0.25) is 4.79 Å². The normalized spacial score (nSPS) is 20.8. The number of benzene rings is 1. The Labute approximate surface area is 114 Å². The predicted molar refractivity (Wildman–Crippen MR) is 73.8 cm³/mol. The number of ether oxygens (including phenoxy) is 2. The maximum atomic E-state index is 12.1. The predicted octanol–water partition coefficient (Wildman–Crippen LogP) is 2.62. The first-order valence-electron chi connectivity index (χ1n) is 6.81. The summed E-state index contributed by atoms with van der Waals surface area (Å²) in [6.07, 6.45) is 2.22. The molecule has 2 atom stereocenters. The fourth-order valence-electron chi connectivity index (χ4n) is 2.21. The second kappa shape index (κ2) is 5.95. The molecule has 4 nitrogen and oxygen atoms in total. The van der Waals surface area contributed by atoms with Crippen LogP contribution in [0.1, 0.15) is 37.0 Å². The number of hydrogen-bond donors (Lipinski definition) is 1. The minimum Gasteiger partial charge on any atom is -0.493 e. The molecule has 1 saturated carbocycles. The van der Waals surface area contributed by atoms with Gasteiger partial charge >= 0.3 is 0 Å². The standard InChI is InChI=1S/C15H21NO3/c1-4-10-8-12(10)16-15(17)11-6-7-13(18-3)14(9-11)19-5-2/h6-7,9-10,12H,4-5,8H2,1-3H3,(H,16,17)/t10-,12-/m0/s1. The van der Waals surface area contributed by atoms with Crippen molar-refractivity contribution >= 4 is 5.91 Å². The molecule has 2 rings (SSSR count). The topological polar surface area (TPSA) is 47.6 Å². The average Bonchev–Trinajstić information content (AvgIpc) is 3.17. The molecule has 1 N–H and O–H groups in total. The summed E-state index contributed by atoms with van der Waals surface area (Å²) in [7, 11) is 1.59. The third-order valence-electron chi connectivity index (χ3n) is 3.49. The van der Waals surface area contributed by atoms with Crippen LogP contribution in [0.4, 0.5) is 0 Å². The first kappa shape index (κ1) is 13.7. The van der Waals surface area contributed by atoms with E-state index in [9.17, 15) is 4.79 Å². The molecule has 4 heteroatoms. The number of rotatable bonds is 6. The Morgan fingerprint density at radius 3 is 2.74 bits per heavy atom. The van der Waals surface area contributed by atoms with E-state index in [0.717, 1.165) is 12.8 Å². The first-order chi connectivity index (χ1) is 9.19. The van der Waals surface area contributed by atoms with Crippen LogP contribution in [0.25, 0.3) is 0 Å². The summed E-state index contributed by atoms with van der Waals surface area (Å²) in [5.74, 6) is 1.87. The molecule has 0 unspecified atom stereocenters. The van der Waals surface area contributed by atoms with Gasteiger partial charge in [-0.1, -0.05) is 13.3 Å². The van der Waals surface area contributed by atoms with Crippen molar-refractivity contribution < 1.29 is 14.3 Å². The van der Waals surface area contributed by atoms with Gasteiger partial charge in [0.1, 0.15) is 0 Å². The highest BCUT2D eigenvalue weighted by molar-refractivity contribution is 5.95. The number of methoxy groups -OCH3 is 1. The van der Waals surface area contributed by atoms with E-state index in [1.807, 2.05) is 6.92 Å². The van der Waals surface area contributed by atoms with Gasteiger partial charge in [0.25, 0.3) is 5.91 Å². The van der Waals surface area contributed by atoms with Crippen molar-refractivity contribution in [3.63, 3.8) is 0 Å². The summed E-state index contributed by atoms with van der Waals surface area (Å²) < 4.78 is 10.7. The molecule has 0 aliphatic heterocycles. The van der Waals surface area contributed by atoms with Crippen molar-refractivity contribution in [2.24, 2.45) is 5.92 Å². The summed E-state index contributed by atoms with van der Waals surface area (Å²) in [6, 6.07) is 5.61. The van der Waals surface area contributed by atoms with Gasteiger partial charge in [-0.05, 0) is 37.5 Å². The zero-order chi connectivity index (χ0) is 13.8. The van der Waals surface area contributed by atoms with E-state index < -0.39 is 0 Å². The maximum absolute atomic E-state index is 12.1. The largest absolute Gasteiger partial charge is 0.493 e.